The molecule has 0 spiro atoms. The van der Waals surface area contributed by atoms with E-state index in [-0.39, 0.29) is 23.6 Å². The van der Waals surface area contributed by atoms with E-state index in [1.54, 1.807) is 6.92 Å². The number of rotatable bonds is 10. The van der Waals surface area contributed by atoms with Crippen molar-refractivity contribution in [3.63, 3.8) is 0 Å². The molecule has 0 saturated heterocycles. The number of hydrogen-bond donors (Lipinski definition) is 1. The maximum Gasteiger partial charge on any atom is 0.316 e. The van der Waals surface area contributed by atoms with Gasteiger partial charge in [0, 0.05) is 5.92 Å². The normalized spacial score (nSPS) is 18.7. The maximum absolute atomic E-state index is 12.0. The van der Waals surface area contributed by atoms with E-state index in [0.29, 0.717) is 12.8 Å². The summed E-state index contributed by atoms with van der Waals surface area (Å²) in [6.07, 6.45) is 7.74. The predicted molar refractivity (Wildman–Crippen MR) is 94.7 cm³/mol. The molecule has 1 N–H and O–H groups in total. The number of aliphatic hydroxyl groups is 1. The summed E-state index contributed by atoms with van der Waals surface area (Å²) in [6.45, 7) is 3.02. The van der Waals surface area contributed by atoms with Crippen LogP contribution in [0.4, 0.5) is 0 Å². The van der Waals surface area contributed by atoms with E-state index >= 15 is 0 Å². The third-order valence-corrected chi connectivity index (χ3v) is 5.18. The molecule has 0 aromatic heterocycles. The summed E-state index contributed by atoms with van der Waals surface area (Å²) in [7, 11) is 0. The molecule has 1 aliphatic rings. The number of thioether (sulfide) groups is 1. The summed E-state index contributed by atoms with van der Waals surface area (Å²) in [6, 6.07) is 0. The summed E-state index contributed by atoms with van der Waals surface area (Å²) in [5.74, 6) is -0.660. The van der Waals surface area contributed by atoms with Crippen LogP contribution in [0.25, 0.3) is 0 Å². The maximum atomic E-state index is 12.0. The quantitative estimate of drug-likeness (QED) is 0.368. The van der Waals surface area contributed by atoms with Crippen molar-refractivity contribution < 1.29 is 24.2 Å². The molecule has 0 aliphatic heterocycles. The molecular formula is C18H28O5S. The number of allylic oxidation sites excluding steroid dienone is 2. The van der Waals surface area contributed by atoms with Gasteiger partial charge in [0.2, 0.25) is 0 Å². The minimum Gasteiger partial charge on any atom is -0.462 e. The number of carbonyl (C=O) groups excluding carboxylic acids is 3. The van der Waals surface area contributed by atoms with Crippen LogP contribution < -0.4 is 0 Å². The topological polar surface area (TPSA) is 80.7 Å². The number of carbonyl (C=O) groups is 3. The highest BCUT2D eigenvalue weighted by Crippen LogP contribution is 2.26. The van der Waals surface area contributed by atoms with E-state index in [1.165, 1.54) is 31.2 Å². The van der Waals surface area contributed by atoms with E-state index in [0.717, 1.165) is 36.9 Å². The van der Waals surface area contributed by atoms with Gasteiger partial charge in [-0.15, -0.1) is 11.8 Å². The molecular weight excluding hydrogens is 328 g/mol. The Hall–Kier alpha value is -1.14. The van der Waals surface area contributed by atoms with Crippen LogP contribution in [0.2, 0.25) is 0 Å². The van der Waals surface area contributed by atoms with Gasteiger partial charge in [0.05, 0.1) is 11.9 Å². The lowest BCUT2D eigenvalue weighted by molar-refractivity contribution is -0.147. The van der Waals surface area contributed by atoms with Crippen LogP contribution in [-0.4, -0.2) is 41.1 Å². The Kier molecular flexibility index (Phi) is 9.95. The minimum absolute atomic E-state index is 0.0294. The highest BCUT2D eigenvalue weighted by atomic mass is 32.2. The van der Waals surface area contributed by atoms with Gasteiger partial charge in [0.25, 0.3) is 0 Å². The fraction of sp³-hybridized carbons (Fsp3) is 0.722. The van der Waals surface area contributed by atoms with Crippen molar-refractivity contribution in [2.24, 2.45) is 5.92 Å². The van der Waals surface area contributed by atoms with Gasteiger partial charge in [-0.05, 0) is 63.4 Å². The highest BCUT2D eigenvalue weighted by Gasteiger charge is 2.19. The minimum atomic E-state index is -0.720. The standard InChI is InChI=1S/C18H28O5S/c1-13(20)10-17(9-8-15(11-19)14(2)21)24-12-18(22)23-16-6-4-3-5-7-16/h10-11,14-16,21H,3-9,12H2,1-2H3/b17-10-/t14-,15-/m1/s1. The van der Waals surface area contributed by atoms with Crippen molar-refractivity contribution in [1.82, 2.24) is 0 Å². The first kappa shape index (κ1) is 20.9. The lowest BCUT2D eigenvalue weighted by Crippen LogP contribution is -2.22. The molecule has 5 nitrogen and oxygen atoms in total. The first-order chi connectivity index (χ1) is 11.4. The Morgan fingerprint density at radius 1 is 1.29 bits per heavy atom. The number of aldehydes is 1. The van der Waals surface area contributed by atoms with E-state index in [1.807, 2.05) is 0 Å². The highest BCUT2D eigenvalue weighted by molar-refractivity contribution is 8.03. The zero-order valence-electron chi connectivity index (χ0n) is 14.5. The van der Waals surface area contributed by atoms with Crippen LogP contribution in [0.15, 0.2) is 11.0 Å². The number of ether oxygens (including phenoxy) is 1. The molecule has 1 aliphatic carbocycles. The number of hydrogen-bond acceptors (Lipinski definition) is 6. The Balaban J connectivity index is 2.46. The third kappa shape index (κ3) is 8.64. The van der Waals surface area contributed by atoms with E-state index < -0.39 is 12.0 Å². The van der Waals surface area contributed by atoms with Crippen LogP contribution in [0, 0.1) is 5.92 Å². The van der Waals surface area contributed by atoms with Crippen LogP contribution in [0.1, 0.15) is 58.8 Å². The molecule has 0 amide bonds. The largest absolute Gasteiger partial charge is 0.462 e. The fourth-order valence-corrected chi connectivity index (χ4v) is 3.58. The van der Waals surface area contributed by atoms with Gasteiger partial charge in [0.15, 0.2) is 5.78 Å². The van der Waals surface area contributed by atoms with Gasteiger partial charge in [-0.1, -0.05) is 6.42 Å². The molecule has 1 fully saturated rings. The molecule has 0 bridgehead atoms. The van der Waals surface area contributed by atoms with Gasteiger partial charge >= 0.3 is 5.97 Å². The van der Waals surface area contributed by atoms with Crippen LogP contribution in [-0.2, 0) is 19.1 Å². The lowest BCUT2D eigenvalue weighted by atomic mass is 9.98. The molecule has 136 valence electrons. The summed E-state index contributed by atoms with van der Waals surface area (Å²) in [4.78, 5) is 35.0. The number of aliphatic hydroxyl groups excluding tert-OH is 1. The van der Waals surface area contributed by atoms with Gasteiger partial charge in [0.1, 0.15) is 12.4 Å². The molecule has 2 atom stereocenters. The molecule has 0 aromatic rings. The third-order valence-electron chi connectivity index (χ3n) is 4.11. The second-order valence-electron chi connectivity index (χ2n) is 6.34. The summed E-state index contributed by atoms with van der Waals surface area (Å²) in [5.41, 5.74) is 0. The second kappa shape index (κ2) is 11.4. The summed E-state index contributed by atoms with van der Waals surface area (Å²) >= 11 is 1.28. The molecule has 0 heterocycles. The van der Waals surface area contributed by atoms with Gasteiger partial charge in [-0.25, -0.2) is 0 Å². The van der Waals surface area contributed by atoms with Crippen LogP contribution in [0.5, 0.6) is 0 Å². The van der Waals surface area contributed by atoms with Crippen molar-refractivity contribution >= 4 is 29.8 Å². The Morgan fingerprint density at radius 2 is 1.96 bits per heavy atom. The summed E-state index contributed by atoms with van der Waals surface area (Å²) < 4.78 is 5.46. The molecule has 0 radical (unpaired) electrons. The zero-order valence-corrected chi connectivity index (χ0v) is 15.3. The van der Waals surface area contributed by atoms with Gasteiger partial charge < -0.3 is 14.6 Å². The molecule has 0 aromatic carbocycles. The van der Waals surface area contributed by atoms with E-state index in [4.69, 9.17) is 4.74 Å². The van der Waals surface area contributed by atoms with E-state index in [9.17, 15) is 19.5 Å². The smallest absolute Gasteiger partial charge is 0.316 e. The second-order valence-corrected chi connectivity index (χ2v) is 7.44. The van der Waals surface area contributed by atoms with Crippen molar-refractivity contribution in [2.75, 3.05) is 5.75 Å². The van der Waals surface area contributed by atoms with Crippen LogP contribution >= 0.6 is 11.8 Å². The van der Waals surface area contributed by atoms with Crippen molar-refractivity contribution in [3.8, 4) is 0 Å². The summed E-state index contributed by atoms with van der Waals surface area (Å²) in [5, 5.41) is 9.51. The number of ketones is 1. The first-order valence-corrected chi connectivity index (χ1v) is 9.57. The Labute approximate surface area is 148 Å². The molecule has 1 rings (SSSR count). The van der Waals surface area contributed by atoms with E-state index in [2.05, 4.69) is 0 Å². The monoisotopic (exact) mass is 356 g/mol. The van der Waals surface area contributed by atoms with Crippen LogP contribution in [0.3, 0.4) is 0 Å². The Bertz CT molecular complexity index is 452. The van der Waals surface area contributed by atoms with Crippen molar-refractivity contribution in [2.45, 2.75) is 71.0 Å². The van der Waals surface area contributed by atoms with Gasteiger partial charge in [-0.3, -0.25) is 9.59 Å². The molecule has 24 heavy (non-hydrogen) atoms. The average Bonchev–Trinajstić information content (AvgIpc) is 2.53. The Morgan fingerprint density at radius 3 is 2.50 bits per heavy atom. The SMILES string of the molecule is CC(=O)/C=C(/CC[C@H](C=O)[C@@H](C)O)SCC(=O)OC1CCCCC1. The first-order valence-electron chi connectivity index (χ1n) is 8.59. The molecule has 0 unspecified atom stereocenters. The molecule has 1 saturated carbocycles. The predicted octanol–water partition coefficient (Wildman–Crippen LogP) is 3.04. The number of esters is 1. The molecule has 6 heteroatoms. The van der Waals surface area contributed by atoms with Crippen molar-refractivity contribution in [3.05, 3.63) is 11.0 Å². The lowest BCUT2D eigenvalue weighted by Gasteiger charge is -2.21. The average molecular weight is 356 g/mol. The zero-order chi connectivity index (χ0) is 17.9. The fourth-order valence-electron chi connectivity index (χ4n) is 2.70. The van der Waals surface area contributed by atoms with Gasteiger partial charge in [-0.2, -0.15) is 0 Å². The van der Waals surface area contributed by atoms with Crippen molar-refractivity contribution in [1.29, 1.82) is 0 Å².